The summed E-state index contributed by atoms with van der Waals surface area (Å²) in [7, 11) is 0. The summed E-state index contributed by atoms with van der Waals surface area (Å²) in [5.41, 5.74) is 3.32. The van der Waals surface area contributed by atoms with E-state index in [4.69, 9.17) is 9.47 Å². The van der Waals surface area contributed by atoms with Crippen molar-refractivity contribution in [2.75, 3.05) is 6.61 Å². The molecule has 0 saturated heterocycles. The van der Waals surface area contributed by atoms with E-state index in [-0.39, 0.29) is 40.9 Å². The number of fused-ring (bicyclic) bond motifs is 2. The van der Waals surface area contributed by atoms with Crippen LogP contribution in [-0.2, 0) is 24.2 Å². The van der Waals surface area contributed by atoms with Crippen LogP contribution in [0.2, 0.25) is 0 Å². The second-order valence-electron chi connectivity index (χ2n) is 11.8. The molecule has 1 aliphatic heterocycles. The minimum absolute atomic E-state index is 0.0252. The molecule has 0 saturated carbocycles. The zero-order chi connectivity index (χ0) is 31.2. The van der Waals surface area contributed by atoms with Gasteiger partial charge in [-0.2, -0.15) is 9.49 Å². The van der Waals surface area contributed by atoms with E-state index < -0.39 is 29.7 Å². The van der Waals surface area contributed by atoms with Crippen LogP contribution in [0.3, 0.4) is 0 Å². The fraction of sp³-hybridized carbons (Fsp3) is 0.375. The highest BCUT2D eigenvalue weighted by atomic mass is 19.1. The largest absolute Gasteiger partial charge is 0.490 e. The molecule has 2 aromatic carbocycles. The molecule has 3 heterocycles. The van der Waals surface area contributed by atoms with Crippen LogP contribution in [0.15, 0.2) is 24.3 Å². The Morgan fingerprint density at radius 2 is 1.91 bits per heavy atom. The number of carboxylic acid groups (broad SMARTS) is 1. The first-order valence-corrected chi connectivity index (χ1v) is 14.1. The van der Waals surface area contributed by atoms with Crippen LogP contribution in [-0.4, -0.2) is 43.8 Å². The van der Waals surface area contributed by atoms with Gasteiger partial charge < -0.3 is 19.9 Å². The Morgan fingerprint density at radius 3 is 2.58 bits per heavy atom. The Morgan fingerprint density at radius 1 is 1.16 bits per heavy atom. The number of amides is 1. The average molecular weight is 593 g/mol. The molecule has 0 aliphatic carbocycles. The molecule has 11 heteroatoms. The van der Waals surface area contributed by atoms with E-state index in [2.05, 4.69) is 15.4 Å². The molecule has 4 aromatic rings. The lowest BCUT2D eigenvalue weighted by molar-refractivity contribution is -0.136. The van der Waals surface area contributed by atoms with E-state index >= 15 is 4.39 Å². The van der Waals surface area contributed by atoms with E-state index in [1.54, 1.807) is 46.8 Å². The van der Waals surface area contributed by atoms with Gasteiger partial charge in [0, 0.05) is 35.0 Å². The van der Waals surface area contributed by atoms with Crippen molar-refractivity contribution >= 4 is 17.5 Å². The van der Waals surface area contributed by atoms with Crippen molar-refractivity contribution in [3.05, 3.63) is 75.1 Å². The van der Waals surface area contributed by atoms with E-state index in [0.717, 1.165) is 0 Å². The standard InChI is InChI=1S/C32H34F2N4O5/c1-16-12-19(9-10-22(16)33)15-35-31(41)23-14-24-36-18(3)21(13-25(39)40)28(38(24)37-23)26-17(2)20-8-7-11-42-29(20)27(34)30(26)43-32(4,5)6/h9-10,12,14H,7-8,11,13,15H2,1-6H3,(H,35,41)(H,39,40). The Labute approximate surface area is 247 Å². The highest BCUT2D eigenvalue weighted by molar-refractivity contribution is 5.94. The molecule has 1 aliphatic rings. The lowest BCUT2D eigenvalue weighted by atomic mass is 9.90. The second kappa shape index (κ2) is 11.3. The SMILES string of the molecule is Cc1cc(CNC(=O)c2cc3nc(C)c(CC(=O)O)c(-c4c(C)c5c(c(F)c4OC(C)(C)C)OCCC5)n3n2)ccc1F. The van der Waals surface area contributed by atoms with Gasteiger partial charge in [-0.1, -0.05) is 12.1 Å². The van der Waals surface area contributed by atoms with Crippen molar-refractivity contribution in [2.24, 2.45) is 0 Å². The number of hydrogen-bond acceptors (Lipinski definition) is 6. The van der Waals surface area contributed by atoms with Crippen LogP contribution in [0.5, 0.6) is 11.5 Å². The third kappa shape index (κ3) is 5.89. The predicted molar refractivity (Wildman–Crippen MR) is 156 cm³/mol. The number of aliphatic carboxylic acids is 1. The number of hydrogen-bond donors (Lipinski definition) is 2. The monoisotopic (exact) mass is 592 g/mol. The second-order valence-corrected chi connectivity index (χ2v) is 11.8. The van der Waals surface area contributed by atoms with E-state index in [1.165, 1.54) is 16.6 Å². The summed E-state index contributed by atoms with van der Waals surface area (Å²) in [6, 6.07) is 6.06. The minimum Gasteiger partial charge on any atom is -0.490 e. The van der Waals surface area contributed by atoms with Crippen LogP contribution < -0.4 is 14.8 Å². The molecule has 43 heavy (non-hydrogen) atoms. The Kier molecular flexibility index (Phi) is 7.85. The average Bonchev–Trinajstić information content (AvgIpc) is 3.36. The molecule has 5 rings (SSSR count). The van der Waals surface area contributed by atoms with Gasteiger partial charge in [0.1, 0.15) is 11.4 Å². The van der Waals surface area contributed by atoms with Crippen molar-refractivity contribution in [3.8, 4) is 22.8 Å². The first-order chi connectivity index (χ1) is 20.2. The minimum atomic E-state index is -1.11. The highest BCUT2D eigenvalue weighted by Gasteiger charge is 2.33. The zero-order valence-electron chi connectivity index (χ0n) is 25.0. The lowest BCUT2D eigenvalue weighted by Gasteiger charge is -2.29. The highest BCUT2D eigenvalue weighted by Crippen LogP contribution is 2.47. The van der Waals surface area contributed by atoms with Crippen LogP contribution in [0.1, 0.15) is 71.2 Å². The van der Waals surface area contributed by atoms with Gasteiger partial charge in [-0.15, -0.1) is 0 Å². The third-order valence-corrected chi connectivity index (χ3v) is 7.33. The number of benzene rings is 2. The van der Waals surface area contributed by atoms with Crippen molar-refractivity contribution < 1.29 is 33.0 Å². The number of carbonyl (C=O) groups excluding carboxylic acids is 1. The first-order valence-electron chi connectivity index (χ1n) is 14.1. The van der Waals surface area contributed by atoms with Gasteiger partial charge >= 0.3 is 5.97 Å². The summed E-state index contributed by atoms with van der Waals surface area (Å²) in [4.78, 5) is 29.8. The van der Waals surface area contributed by atoms with Gasteiger partial charge in [-0.3, -0.25) is 9.59 Å². The number of nitrogens with one attached hydrogen (secondary N) is 1. The molecule has 0 unspecified atom stereocenters. The molecule has 2 aromatic heterocycles. The zero-order valence-corrected chi connectivity index (χ0v) is 25.0. The summed E-state index contributed by atoms with van der Waals surface area (Å²) in [5.74, 6) is -2.58. The molecule has 9 nitrogen and oxygen atoms in total. The summed E-state index contributed by atoms with van der Waals surface area (Å²) in [6.45, 7) is 11.0. The maximum Gasteiger partial charge on any atom is 0.307 e. The van der Waals surface area contributed by atoms with Crippen LogP contribution in [0, 0.1) is 32.4 Å². The van der Waals surface area contributed by atoms with Crippen molar-refractivity contribution in [2.45, 2.75) is 73.0 Å². The van der Waals surface area contributed by atoms with Crippen LogP contribution in [0.4, 0.5) is 8.78 Å². The quantitative estimate of drug-likeness (QED) is 0.285. The number of carboxylic acids is 1. The van der Waals surface area contributed by atoms with Gasteiger partial charge in [0.2, 0.25) is 5.82 Å². The molecular weight excluding hydrogens is 558 g/mol. The summed E-state index contributed by atoms with van der Waals surface area (Å²) < 4.78 is 43.3. The van der Waals surface area contributed by atoms with Gasteiger partial charge in [0.25, 0.3) is 5.91 Å². The smallest absolute Gasteiger partial charge is 0.307 e. The number of ether oxygens (including phenoxy) is 2. The molecule has 0 fully saturated rings. The maximum absolute atomic E-state index is 16.3. The van der Waals surface area contributed by atoms with Gasteiger partial charge in [0.05, 0.1) is 18.7 Å². The molecule has 1 amide bonds. The summed E-state index contributed by atoms with van der Waals surface area (Å²) in [5, 5.41) is 17.2. The van der Waals surface area contributed by atoms with Gasteiger partial charge in [0.15, 0.2) is 22.8 Å². The molecule has 0 radical (unpaired) electrons. The van der Waals surface area contributed by atoms with Crippen molar-refractivity contribution in [1.29, 1.82) is 0 Å². The lowest BCUT2D eigenvalue weighted by Crippen LogP contribution is -2.26. The molecular formula is C32H34F2N4O5. The Bertz CT molecular complexity index is 1770. The predicted octanol–water partition coefficient (Wildman–Crippen LogP) is 5.66. The summed E-state index contributed by atoms with van der Waals surface area (Å²) >= 11 is 0. The topological polar surface area (TPSA) is 115 Å². The van der Waals surface area contributed by atoms with E-state index in [1.807, 2.05) is 6.92 Å². The normalized spacial score (nSPS) is 13.0. The molecule has 0 spiro atoms. The van der Waals surface area contributed by atoms with Gasteiger partial charge in [-0.25, -0.2) is 13.9 Å². The number of halogens is 2. The molecule has 0 bridgehead atoms. The molecule has 226 valence electrons. The number of rotatable bonds is 7. The number of carbonyl (C=O) groups is 2. The molecule has 2 N–H and O–H groups in total. The molecule has 0 atom stereocenters. The number of aromatic nitrogens is 3. The van der Waals surface area contributed by atoms with Crippen molar-refractivity contribution in [1.82, 2.24) is 19.9 Å². The van der Waals surface area contributed by atoms with E-state index in [0.29, 0.717) is 58.5 Å². The van der Waals surface area contributed by atoms with Crippen LogP contribution in [0.25, 0.3) is 16.9 Å². The Hall–Kier alpha value is -4.54. The van der Waals surface area contributed by atoms with E-state index in [9.17, 15) is 19.1 Å². The summed E-state index contributed by atoms with van der Waals surface area (Å²) in [6.07, 6.45) is 0.843. The first kappa shape index (κ1) is 29.9. The maximum atomic E-state index is 16.3. The van der Waals surface area contributed by atoms with Crippen LogP contribution >= 0.6 is 0 Å². The third-order valence-electron chi connectivity index (χ3n) is 7.33. The van der Waals surface area contributed by atoms with Crippen molar-refractivity contribution in [3.63, 3.8) is 0 Å². The fourth-order valence-corrected chi connectivity index (χ4v) is 5.37. The Balaban J connectivity index is 1.71. The number of aryl methyl sites for hydroxylation is 2. The fourth-order valence-electron chi connectivity index (χ4n) is 5.37. The van der Waals surface area contributed by atoms with Gasteiger partial charge in [-0.05, 0) is 77.1 Å². The number of nitrogens with zero attached hydrogens (tertiary/aromatic N) is 3.